The molecule has 4 atom stereocenters. The maximum absolute atomic E-state index is 13.5. The van der Waals surface area contributed by atoms with Crippen LogP contribution < -0.4 is 0 Å². The Morgan fingerprint density at radius 1 is 1.33 bits per heavy atom. The first kappa shape index (κ1) is 16.5. The Hall–Kier alpha value is -0.983. The molecule has 24 heavy (non-hydrogen) atoms. The predicted octanol–water partition coefficient (Wildman–Crippen LogP) is 1.87. The second-order valence-corrected chi connectivity index (χ2v) is 13.7. The number of amides is 1. The van der Waals surface area contributed by atoms with Crippen LogP contribution >= 0.6 is 0 Å². The lowest BCUT2D eigenvalue weighted by atomic mass is 9.77. The lowest BCUT2D eigenvalue weighted by Gasteiger charge is -2.44. The molecule has 1 saturated carbocycles. The third-order valence-corrected chi connectivity index (χ3v) is 13.9. The molecule has 1 N–H and O–H groups in total. The highest BCUT2D eigenvalue weighted by molar-refractivity contribution is 6.87. The first-order valence-corrected chi connectivity index (χ1v) is 11.0. The molecule has 6 heteroatoms. The average molecular weight is 350 g/mol. The molecule has 2 aliphatic carbocycles. The third kappa shape index (κ3) is 1.22. The van der Waals surface area contributed by atoms with E-state index in [1.54, 1.807) is 4.90 Å². The zero-order chi connectivity index (χ0) is 17.7. The molecule has 5 nitrogen and oxygen atoms in total. The number of carbonyl (C=O) groups excluding carboxylic acids is 2. The molecule has 5 aliphatic rings. The second-order valence-electron chi connectivity index (χ2n) is 8.73. The summed E-state index contributed by atoms with van der Waals surface area (Å²) in [6.07, 6.45) is 4.57. The molecule has 3 fully saturated rings. The monoisotopic (exact) mass is 349 g/mol. The van der Waals surface area contributed by atoms with Gasteiger partial charge < -0.3 is 14.4 Å². The number of nitrogens with zero attached hydrogens (tertiary/aromatic N) is 1. The average Bonchev–Trinajstić information content (AvgIpc) is 2.97. The molecule has 0 aromatic rings. The van der Waals surface area contributed by atoms with Crippen LogP contribution in [0.3, 0.4) is 0 Å². The quantitative estimate of drug-likeness (QED) is 0.624. The first-order chi connectivity index (χ1) is 11.2. The van der Waals surface area contributed by atoms with Crippen LogP contribution in [0.25, 0.3) is 0 Å². The summed E-state index contributed by atoms with van der Waals surface area (Å²) in [5.41, 5.74) is -1.30. The van der Waals surface area contributed by atoms with E-state index in [0.29, 0.717) is 6.42 Å². The van der Waals surface area contributed by atoms with Gasteiger partial charge in [0.25, 0.3) is 0 Å². The van der Waals surface area contributed by atoms with Gasteiger partial charge in [0.1, 0.15) is 5.41 Å². The van der Waals surface area contributed by atoms with Gasteiger partial charge in [0.05, 0.1) is 29.7 Å². The van der Waals surface area contributed by atoms with Gasteiger partial charge in [0.2, 0.25) is 14.2 Å². The smallest absolute Gasteiger partial charge is 0.236 e. The fraction of sp³-hybridized carbons (Fsp3) is 0.778. The van der Waals surface area contributed by atoms with Crippen molar-refractivity contribution in [3.05, 3.63) is 12.2 Å². The summed E-state index contributed by atoms with van der Waals surface area (Å²) in [6, 6.07) is -0.102. The summed E-state index contributed by atoms with van der Waals surface area (Å²) in [7, 11) is -0.816. The van der Waals surface area contributed by atoms with Gasteiger partial charge in [0, 0.05) is 7.05 Å². The lowest BCUT2D eigenvalue weighted by Crippen LogP contribution is -2.55. The van der Waals surface area contributed by atoms with Crippen LogP contribution in [0.15, 0.2) is 12.2 Å². The number of hydrogen-bond acceptors (Lipinski definition) is 4. The van der Waals surface area contributed by atoms with E-state index in [1.807, 2.05) is 13.1 Å². The Bertz CT molecular complexity index is 666. The summed E-state index contributed by atoms with van der Waals surface area (Å²) in [4.78, 5) is 28.6. The molecular weight excluding hydrogens is 322 g/mol. The molecule has 2 bridgehead atoms. The fourth-order valence-corrected chi connectivity index (χ4v) is 13.7. The van der Waals surface area contributed by atoms with Crippen molar-refractivity contribution < 1.29 is 19.1 Å². The minimum Gasteiger partial charge on any atom is -0.414 e. The third-order valence-electron chi connectivity index (χ3n) is 7.57. The number of aliphatic hydroxyl groups is 1. The normalized spacial score (nSPS) is 45.0. The molecule has 1 amide bonds. The van der Waals surface area contributed by atoms with E-state index < -0.39 is 24.2 Å². The van der Waals surface area contributed by atoms with Gasteiger partial charge >= 0.3 is 0 Å². The van der Waals surface area contributed by atoms with Crippen LogP contribution in [0, 0.1) is 10.8 Å². The van der Waals surface area contributed by atoms with Crippen molar-refractivity contribution >= 4 is 20.0 Å². The molecule has 5 rings (SSSR count). The van der Waals surface area contributed by atoms with Crippen molar-refractivity contribution in [1.82, 2.24) is 4.90 Å². The minimum atomic E-state index is -2.63. The van der Waals surface area contributed by atoms with Crippen LogP contribution in [0.2, 0.25) is 16.1 Å². The molecular formula is C18H27NO4Si. The van der Waals surface area contributed by atoms with Crippen molar-refractivity contribution in [2.24, 2.45) is 10.8 Å². The Labute approximate surface area is 144 Å². The van der Waals surface area contributed by atoms with Crippen molar-refractivity contribution in [2.75, 3.05) is 20.3 Å². The summed E-state index contributed by atoms with van der Waals surface area (Å²) < 4.78 is 6.55. The largest absolute Gasteiger partial charge is 0.414 e. The molecule has 3 heterocycles. The molecule has 0 radical (unpaired) electrons. The van der Waals surface area contributed by atoms with Crippen LogP contribution in [0.5, 0.6) is 0 Å². The zero-order valence-corrected chi connectivity index (χ0v) is 16.1. The van der Waals surface area contributed by atoms with Crippen molar-refractivity contribution in [3.63, 3.8) is 0 Å². The van der Waals surface area contributed by atoms with Crippen molar-refractivity contribution in [2.45, 2.75) is 56.3 Å². The van der Waals surface area contributed by atoms with E-state index in [0.717, 1.165) is 0 Å². The molecule has 132 valence electrons. The fourth-order valence-electron chi connectivity index (χ4n) is 6.72. The highest BCUT2D eigenvalue weighted by Crippen LogP contribution is 2.87. The first-order valence-electron chi connectivity index (χ1n) is 8.96. The van der Waals surface area contributed by atoms with Crippen molar-refractivity contribution in [1.29, 1.82) is 0 Å². The second kappa shape index (κ2) is 4.40. The zero-order valence-electron chi connectivity index (χ0n) is 15.1. The van der Waals surface area contributed by atoms with Gasteiger partial charge in [-0.2, -0.15) is 0 Å². The minimum absolute atomic E-state index is 0.00634. The molecule has 2 spiro atoms. The maximum atomic E-state index is 13.5. The Morgan fingerprint density at radius 2 is 1.96 bits per heavy atom. The molecule has 0 aromatic carbocycles. The molecule has 3 aliphatic heterocycles. The number of hydrogen-bond donors (Lipinski definition) is 1. The Morgan fingerprint density at radius 3 is 2.50 bits per heavy atom. The standard InChI is InChI=1S/C18H27NO4Si/c1-11(2)24(12(3)4)18-14(21)17(18,9-20)8-13-6-7-16(18,10-23-24)15(22)19(13)5/h6-7,11-13,20H,8-10H2,1-5H3/t13-,16+,17+,18+/m0/s1. The van der Waals surface area contributed by atoms with Gasteiger partial charge in [0.15, 0.2) is 5.78 Å². The van der Waals surface area contributed by atoms with Crippen LogP contribution in [-0.4, -0.2) is 56.3 Å². The highest BCUT2D eigenvalue weighted by Gasteiger charge is 2.97. The number of fused-ring (bicyclic) bond motifs is 1. The number of carbonyl (C=O) groups is 2. The van der Waals surface area contributed by atoms with Crippen LogP contribution in [-0.2, 0) is 14.0 Å². The molecule has 0 aromatic heterocycles. The number of rotatable bonds is 3. The van der Waals surface area contributed by atoms with Crippen LogP contribution in [0.1, 0.15) is 34.1 Å². The number of ketones is 1. The van der Waals surface area contributed by atoms with E-state index in [1.165, 1.54) is 0 Å². The Kier molecular flexibility index (Phi) is 3.02. The molecule has 2 saturated heterocycles. The van der Waals surface area contributed by atoms with E-state index in [-0.39, 0.29) is 42.0 Å². The van der Waals surface area contributed by atoms with E-state index in [2.05, 4.69) is 33.8 Å². The topological polar surface area (TPSA) is 66.8 Å². The van der Waals surface area contributed by atoms with Gasteiger partial charge in [-0.3, -0.25) is 9.59 Å². The van der Waals surface area contributed by atoms with Gasteiger partial charge in [-0.1, -0.05) is 39.8 Å². The van der Waals surface area contributed by atoms with E-state index >= 15 is 0 Å². The van der Waals surface area contributed by atoms with Gasteiger partial charge in [-0.15, -0.1) is 0 Å². The SMILES string of the molecule is CC(C)[Si]1(C(C)C)OC[C@@]23C=C[C@@H](C[C@@]4(CO)C(=O)[C@]421)N(C)C3=O. The Balaban J connectivity index is 2.07. The summed E-state index contributed by atoms with van der Waals surface area (Å²) in [5.74, 6) is 0.103. The molecule has 0 unspecified atom stereocenters. The number of likely N-dealkylation sites (N-methyl/N-ethyl adjacent to an activating group) is 1. The number of aliphatic hydroxyl groups excluding tert-OH is 1. The van der Waals surface area contributed by atoms with E-state index in [4.69, 9.17) is 4.43 Å². The van der Waals surface area contributed by atoms with Gasteiger partial charge in [-0.25, -0.2) is 0 Å². The summed E-state index contributed by atoms with van der Waals surface area (Å²) in [5, 5.41) is 9.54. The number of Topliss-reactive ketones (excluding diaryl/α,β-unsaturated/α-hetero) is 1. The predicted molar refractivity (Wildman–Crippen MR) is 91.9 cm³/mol. The van der Waals surface area contributed by atoms with Crippen molar-refractivity contribution in [3.8, 4) is 0 Å². The van der Waals surface area contributed by atoms with E-state index in [9.17, 15) is 14.7 Å². The van der Waals surface area contributed by atoms with Gasteiger partial charge in [-0.05, 0) is 17.5 Å². The maximum Gasteiger partial charge on any atom is 0.236 e. The summed E-state index contributed by atoms with van der Waals surface area (Å²) >= 11 is 0. The van der Waals surface area contributed by atoms with Crippen LogP contribution in [0.4, 0.5) is 0 Å². The summed E-state index contributed by atoms with van der Waals surface area (Å²) in [6.45, 7) is 8.62. The highest BCUT2D eigenvalue weighted by atomic mass is 28.4. The lowest BCUT2D eigenvalue weighted by molar-refractivity contribution is -0.142.